The molecule has 0 aliphatic carbocycles. The Morgan fingerprint density at radius 2 is 2.15 bits per heavy atom. The summed E-state index contributed by atoms with van der Waals surface area (Å²) in [4.78, 5) is 25.6. The van der Waals surface area contributed by atoms with E-state index in [0.29, 0.717) is 6.20 Å². The first-order valence-corrected chi connectivity index (χ1v) is 7.57. The third-order valence-corrected chi connectivity index (χ3v) is 3.96. The van der Waals surface area contributed by atoms with E-state index in [1.165, 1.54) is 12.5 Å². The molecule has 0 radical (unpaired) electrons. The quantitative estimate of drug-likeness (QED) is 0.712. The number of carbonyl (C=O) groups is 1. The molecule has 1 amide bonds. The van der Waals surface area contributed by atoms with E-state index in [9.17, 15) is 22.4 Å². The van der Waals surface area contributed by atoms with E-state index in [1.54, 1.807) is 0 Å². The number of hydrogen-bond acceptors (Lipinski definition) is 5. The minimum Gasteiger partial charge on any atom is -0.465 e. The fourth-order valence-corrected chi connectivity index (χ4v) is 2.65. The normalized spacial score (nSPS) is 20.8. The van der Waals surface area contributed by atoms with E-state index in [4.69, 9.17) is 5.11 Å². The molecular weight excluding hydrogens is 360 g/mol. The Hall–Kier alpha value is -2.92. The van der Waals surface area contributed by atoms with Crippen molar-refractivity contribution in [3.8, 4) is 11.4 Å². The molecule has 3 heterocycles. The van der Waals surface area contributed by atoms with Crippen LogP contribution in [0.2, 0.25) is 0 Å². The molecule has 3 N–H and O–H groups in total. The number of anilines is 1. The fourth-order valence-electron chi connectivity index (χ4n) is 2.65. The molecule has 8 nitrogen and oxygen atoms in total. The van der Waals surface area contributed by atoms with Crippen molar-refractivity contribution in [1.29, 1.82) is 0 Å². The summed E-state index contributed by atoms with van der Waals surface area (Å²) in [6, 6.07) is -0.811. The minimum atomic E-state index is -4.68. The zero-order chi connectivity index (χ0) is 18.9. The number of alkyl halides is 4. The van der Waals surface area contributed by atoms with E-state index >= 15 is 0 Å². The van der Waals surface area contributed by atoms with Crippen molar-refractivity contribution < 1.29 is 27.5 Å². The van der Waals surface area contributed by atoms with E-state index in [0.717, 1.165) is 4.90 Å². The van der Waals surface area contributed by atoms with Gasteiger partial charge < -0.3 is 20.3 Å². The monoisotopic (exact) mass is 374 g/mol. The van der Waals surface area contributed by atoms with Crippen LogP contribution in [0.4, 0.5) is 28.3 Å². The topological polar surface area (TPSA) is 107 Å². The summed E-state index contributed by atoms with van der Waals surface area (Å²) >= 11 is 0. The highest BCUT2D eigenvalue weighted by atomic mass is 19.4. The van der Waals surface area contributed by atoms with E-state index in [1.807, 2.05) is 0 Å². The number of aromatic nitrogens is 4. The first-order chi connectivity index (χ1) is 12.3. The highest BCUT2D eigenvalue weighted by Crippen LogP contribution is 2.35. The Labute approximate surface area is 144 Å². The SMILES string of the molecule is O=C(O)N1CC[C@H](Nc2ncc(C(F)(F)F)c(-c3c[nH]cn3)n2)[C@H](F)C1. The van der Waals surface area contributed by atoms with Gasteiger partial charge in [0.15, 0.2) is 0 Å². The van der Waals surface area contributed by atoms with E-state index < -0.39 is 35.7 Å². The molecule has 12 heteroatoms. The predicted octanol–water partition coefficient (Wildman–Crippen LogP) is 2.39. The summed E-state index contributed by atoms with van der Waals surface area (Å²) in [5, 5.41) is 11.5. The molecule has 0 aromatic carbocycles. The lowest BCUT2D eigenvalue weighted by Crippen LogP contribution is -2.49. The van der Waals surface area contributed by atoms with Gasteiger partial charge in [-0.05, 0) is 6.42 Å². The van der Waals surface area contributed by atoms with Crippen molar-refractivity contribution >= 4 is 12.0 Å². The van der Waals surface area contributed by atoms with Crippen LogP contribution in [0.15, 0.2) is 18.7 Å². The maximum atomic E-state index is 14.2. The summed E-state index contributed by atoms with van der Waals surface area (Å²) < 4.78 is 53.6. The molecule has 1 saturated heterocycles. The highest BCUT2D eigenvalue weighted by Gasteiger charge is 2.37. The first-order valence-electron chi connectivity index (χ1n) is 7.57. The Bertz CT molecular complexity index is 782. The Kier molecular flexibility index (Phi) is 4.66. The molecule has 3 rings (SSSR count). The van der Waals surface area contributed by atoms with Crippen LogP contribution in [-0.2, 0) is 6.18 Å². The Morgan fingerprint density at radius 1 is 1.38 bits per heavy atom. The maximum Gasteiger partial charge on any atom is 0.420 e. The van der Waals surface area contributed by atoms with Gasteiger partial charge in [-0.2, -0.15) is 13.2 Å². The number of amides is 1. The maximum absolute atomic E-state index is 14.2. The summed E-state index contributed by atoms with van der Waals surface area (Å²) in [5.74, 6) is -0.188. The van der Waals surface area contributed by atoms with Crippen LogP contribution < -0.4 is 5.32 Å². The lowest BCUT2D eigenvalue weighted by molar-refractivity contribution is -0.137. The molecule has 2 aromatic rings. The van der Waals surface area contributed by atoms with Crippen LogP contribution in [0, 0.1) is 0 Å². The number of halogens is 4. The lowest BCUT2D eigenvalue weighted by Gasteiger charge is -2.33. The molecule has 0 saturated carbocycles. The Balaban J connectivity index is 1.83. The number of rotatable bonds is 3. The van der Waals surface area contributed by atoms with Crippen LogP contribution in [0.1, 0.15) is 12.0 Å². The molecular formula is C14H14F4N6O2. The van der Waals surface area contributed by atoms with Gasteiger partial charge in [-0.25, -0.2) is 24.1 Å². The van der Waals surface area contributed by atoms with Gasteiger partial charge >= 0.3 is 12.3 Å². The van der Waals surface area contributed by atoms with Crippen molar-refractivity contribution in [2.24, 2.45) is 0 Å². The number of piperidine rings is 1. The van der Waals surface area contributed by atoms with Crippen molar-refractivity contribution in [1.82, 2.24) is 24.8 Å². The van der Waals surface area contributed by atoms with E-state index in [-0.39, 0.29) is 31.2 Å². The predicted molar refractivity (Wildman–Crippen MR) is 81.1 cm³/mol. The summed E-state index contributed by atoms with van der Waals surface area (Å²) in [7, 11) is 0. The molecule has 1 aliphatic heterocycles. The molecule has 1 fully saturated rings. The van der Waals surface area contributed by atoms with Crippen LogP contribution in [-0.4, -0.2) is 61.3 Å². The second-order valence-electron chi connectivity index (χ2n) is 5.69. The highest BCUT2D eigenvalue weighted by molar-refractivity contribution is 5.65. The van der Waals surface area contributed by atoms with Crippen molar-refractivity contribution in [2.45, 2.75) is 24.8 Å². The molecule has 2 atom stereocenters. The molecule has 0 bridgehead atoms. The molecule has 140 valence electrons. The van der Waals surface area contributed by atoms with Gasteiger partial charge in [0.25, 0.3) is 0 Å². The van der Waals surface area contributed by atoms with Crippen LogP contribution in [0.25, 0.3) is 11.4 Å². The zero-order valence-corrected chi connectivity index (χ0v) is 13.2. The number of imidazole rings is 1. The van der Waals surface area contributed by atoms with Crippen molar-refractivity contribution in [2.75, 3.05) is 18.4 Å². The standard InChI is InChI=1S/C14H14F4N6O2/c15-8-5-24(13(25)26)2-1-9(8)22-12-20-3-7(14(16,17)18)11(23-12)10-4-19-6-21-10/h3-4,6,8-9H,1-2,5H2,(H,19,21)(H,25,26)(H,20,22,23)/t8-,9+/m1/s1. The summed E-state index contributed by atoms with van der Waals surface area (Å²) in [5.41, 5.74) is -1.53. The smallest absolute Gasteiger partial charge is 0.420 e. The van der Waals surface area contributed by atoms with Crippen LogP contribution >= 0.6 is 0 Å². The van der Waals surface area contributed by atoms with Gasteiger partial charge in [-0.1, -0.05) is 0 Å². The molecule has 26 heavy (non-hydrogen) atoms. The van der Waals surface area contributed by atoms with Gasteiger partial charge in [0, 0.05) is 18.9 Å². The number of nitrogens with one attached hydrogen (secondary N) is 2. The molecule has 2 aromatic heterocycles. The third kappa shape index (κ3) is 3.68. The molecule has 0 unspecified atom stereocenters. The fraction of sp³-hybridized carbons (Fsp3) is 0.429. The van der Waals surface area contributed by atoms with Crippen molar-refractivity contribution in [3.63, 3.8) is 0 Å². The lowest BCUT2D eigenvalue weighted by atomic mass is 10.0. The van der Waals surface area contributed by atoms with Crippen molar-refractivity contribution in [3.05, 3.63) is 24.3 Å². The van der Waals surface area contributed by atoms with E-state index in [2.05, 4.69) is 25.3 Å². The summed E-state index contributed by atoms with van der Waals surface area (Å²) in [6.45, 7) is -0.236. The first kappa shape index (κ1) is 17.9. The number of nitrogens with zero attached hydrogens (tertiary/aromatic N) is 4. The second-order valence-corrected chi connectivity index (χ2v) is 5.69. The molecule has 1 aliphatic rings. The second kappa shape index (κ2) is 6.77. The van der Waals surface area contributed by atoms with Gasteiger partial charge in [0.2, 0.25) is 5.95 Å². The number of likely N-dealkylation sites (tertiary alicyclic amines) is 1. The average molecular weight is 374 g/mol. The largest absolute Gasteiger partial charge is 0.465 e. The third-order valence-electron chi connectivity index (χ3n) is 3.96. The number of aromatic amines is 1. The number of carboxylic acid groups (broad SMARTS) is 1. The van der Waals surface area contributed by atoms with Gasteiger partial charge in [0.05, 0.1) is 18.9 Å². The van der Waals surface area contributed by atoms with Crippen LogP contribution in [0.3, 0.4) is 0 Å². The molecule has 0 spiro atoms. The number of hydrogen-bond donors (Lipinski definition) is 3. The summed E-state index contributed by atoms with van der Waals surface area (Å²) in [6.07, 6.45) is -4.23. The Morgan fingerprint density at radius 3 is 2.73 bits per heavy atom. The van der Waals surface area contributed by atoms with Crippen LogP contribution in [0.5, 0.6) is 0 Å². The van der Waals surface area contributed by atoms with Gasteiger partial charge in [-0.3, -0.25) is 0 Å². The minimum absolute atomic E-state index is 0.0275. The number of H-pyrrole nitrogens is 1. The average Bonchev–Trinajstić information content (AvgIpc) is 3.10. The van der Waals surface area contributed by atoms with Gasteiger partial charge in [-0.15, -0.1) is 0 Å². The van der Waals surface area contributed by atoms with Gasteiger partial charge in [0.1, 0.15) is 23.1 Å². The zero-order valence-electron chi connectivity index (χ0n) is 13.2.